The molecule has 2 bridgehead atoms. The van der Waals surface area contributed by atoms with Crippen LogP contribution in [0.4, 0.5) is 0 Å². The molecule has 0 aliphatic carbocycles. The number of nitrogens with one attached hydrogen (secondary N) is 1. The van der Waals surface area contributed by atoms with E-state index in [-0.39, 0.29) is 41.8 Å². The number of hydrogen-bond donors (Lipinski definition) is 1. The number of rotatable bonds is 4. The minimum Gasteiger partial charge on any atom is -0.336 e. The molecule has 1 fully saturated rings. The summed E-state index contributed by atoms with van der Waals surface area (Å²) in [4.78, 5) is 32.4. The molecule has 2 aliphatic rings. The lowest BCUT2D eigenvalue weighted by Gasteiger charge is -2.37. The summed E-state index contributed by atoms with van der Waals surface area (Å²) in [6.07, 6.45) is 1.12. The maximum absolute atomic E-state index is 13.1. The van der Waals surface area contributed by atoms with E-state index in [9.17, 15) is 9.59 Å². The van der Waals surface area contributed by atoms with Gasteiger partial charge in [-0.15, -0.1) is 36.2 Å². The van der Waals surface area contributed by atoms with Gasteiger partial charge in [0.05, 0.1) is 12.2 Å². The quantitative estimate of drug-likeness (QED) is 0.601. The lowest BCUT2D eigenvalue weighted by atomic mass is 9.84. The van der Waals surface area contributed by atoms with Crippen LogP contribution < -0.4 is 10.9 Å². The van der Waals surface area contributed by atoms with Gasteiger partial charge in [-0.05, 0) is 31.0 Å². The Balaban J connectivity index is 0.00000144. The van der Waals surface area contributed by atoms with Crippen molar-refractivity contribution in [2.45, 2.75) is 25.4 Å². The first kappa shape index (κ1) is 24.5. The van der Waals surface area contributed by atoms with Gasteiger partial charge in [-0.3, -0.25) is 9.59 Å². The Hall–Kier alpha value is -2.19. The highest BCUT2D eigenvalue weighted by atomic mass is 35.5. The standard InChI is InChI=1S/C23H24N4O2S.2ClH/c1-26(13-18-14-30-21(25-18)16-5-3-2-4-6-16)22(28)19-7-8-20-17-9-15(10-24-11-17)12-27(20)23(19)29;;/h2-8,14-15,17,24H,9-13H2,1H3;2*1H/t15-,17+;;/m0../s1. The van der Waals surface area contributed by atoms with Gasteiger partial charge >= 0.3 is 0 Å². The molecule has 2 atom stereocenters. The van der Waals surface area contributed by atoms with Gasteiger partial charge in [-0.25, -0.2) is 4.98 Å². The molecule has 0 unspecified atom stereocenters. The fraction of sp³-hybridized carbons (Fsp3) is 0.348. The highest BCUT2D eigenvalue weighted by molar-refractivity contribution is 7.13. The summed E-state index contributed by atoms with van der Waals surface area (Å²) in [7, 11) is 1.73. The zero-order valence-electron chi connectivity index (χ0n) is 17.7. The Morgan fingerprint density at radius 1 is 1.19 bits per heavy atom. The van der Waals surface area contributed by atoms with Crippen LogP contribution in [0.25, 0.3) is 10.6 Å². The van der Waals surface area contributed by atoms with Crippen molar-refractivity contribution in [1.82, 2.24) is 19.8 Å². The molecular weight excluding hydrogens is 467 g/mol. The van der Waals surface area contributed by atoms with Gasteiger partial charge in [-0.2, -0.15) is 0 Å². The van der Waals surface area contributed by atoms with Crippen molar-refractivity contribution >= 4 is 42.1 Å². The molecular formula is C23H26Cl2N4O2S. The van der Waals surface area contributed by atoms with Crippen molar-refractivity contribution in [3.63, 3.8) is 0 Å². The molecule has 0 radical (unpaired) electrons. The number of aromatic nitrogens is 2. The number of thiazole rings is 1. The molecule has 1 aromatic carbocycles. The van der Waals surface area contributed by atoms with Crippen molar-refractivity contribution in [3.05, 3.63) is 75.1 Å². The Bertz CT molecular complexity index is 1150. The van der Waals surface area contributed by atoms with Crippen molar-refractivity contribution < 1.29 is 4.79 Å². The lowest BCUT2D eigenvalue weighted by Crippen LogP contribution is -2.46. The van der Waals surface area contributed by atoms with Gasteiger partial charge in [0.2, 0.25) is 0 Å². The fourth-order valence-corrected chi connectivity index (χ4v) is 5.38. The highest BCUT2D eigenvalue weighted by Crippen LogP contribution is 2.31. The average Bonchev–Trinajstić information content (AvgIpc) is 3.23. The third-order valence-corrected chi connectivity index (χ3v) is 7.00. The Kier molecular flexibility index (Phi) is 7.77. The third-order valence-electron chi connectivity index (χ3n) is 6.06. The van der Waals surface area contributed by atoms with E-state index >= 15 is 0 Å². The molecule has 1 saturated heterocycles. The maximum atomic E-state index is 13.1. The molecule has 170 valence electrons. The third kappa shape index (κ3) is 4.62. The number of carbonyl (C=O) groups excluding carboxylic acids is 1. The van der Waals surface area contributed by atoms with E-state index in [1.807, 2.05) is 46.3 Å². The monoisotopic (exact) mass is 492 g/mol. The van der Waals surface area contributed by atoms with Crippen LogP contribution in [0.3, 0.4) is 0 Å². The molecule has 0 saturated carbocycles. The van der Waals surface area contributed by atoms with Gasteiger partial charge in [-0.1, -0.05) is 30.3 Å². The van der Waals surface area contributed by atoms with Crippen molar-refractivity contribution in [2.24, 2.45) is 5.92 Å². The number of pyridine rings is 1. The number of amides is 1. The second kappa shape index (κ2) is 10.2. The predicted molar refractivity (Wildman–Crippen MR) is 132 cm³/mol. The summed E-state index contributed by atoms with van der Waals surface area (Å²) < 4.78 is 1.83. The van der Waals surface area contributed by atoms with Gasteiger partial charge in [0.1, 0.15) is 10.6 Å². The molecule has 3 aromatic rings. The van der Waals surface area contributed by atoms with Crippen molar-refractivity contribution in [3.8, 4) is 10.6 Å². The van der Waals surface area contributed by atoms with Gasteiger partial charge in [0, 0.05) is 42.7 Å². The highest BCUT2D eigenvalue weighted by Gasteiger charge is 2.32. The van der Waals surface area contributed by atoms with Crippen LogP contribution in [0.2, 0.25) is 0 Å². The maximum Gasteiger partial charge on any atom is 0.263 e. The number of carbonyl (C=O) groups is 1. The Morgan fingerprint density at radius 2 is 1.97 bits per heavy atom. The summed E-state index contributed by atoms with van der Waals surface area (Å²) in [6.45, 7) is 2.90. The normalized spacial score (nSPS) is 18.7. The average molecular weight is 493 g/mol. The molecule has 2 aromatic heterocycles. The lowest BCUT2D eigenvalue weighted by molar-refractivity contribution is 0.0780. The van der Waals surface area contributed by atoms with Gasteiger partial charge in [0.25, 0.3) is 11.5 Å². The number of hydrogen-bond acceptors (Lipinski definition) is 5. The molecule has 5 rings (SSSR count). The Labute approximate surface area is 203 Å². The van der Waals surface area contributed by atoms with Gasteiger partial charge < -0.3 is 14.8 Å². The largest absolute Gasteiger partial charge is 0.336 e. The summed E-state index contributed by atoms with van der Waals surface area (Å²) in [5, 5.41) is 6.35. The van der Waals surface area contributed by atoms with E-state index in [4.69, 9.17) is 0 Å². The van der Waals surface area contributed by atoms with Crippen LogP contribution in [-0.2, 0) is 13.1 Å². The number of piperidine rings is 1. The SMILES string of the molecule is CN(Cc1csc(-c2ccccc2)n1)C(=O)c1ccc2n(c1=O)C[C@@H]1CNC[C@H]2C1.Cl.Cl. The summed E-state index contributed by atoms with van der Waals surface area (Å²) in [5.74, 6) is 0.570. The number of benzene rings is 1. The van der Waals surface area contributed by atoms with E-state index in [0.29, 0.717) is 24.9 Å². The molecule has 0 spiro atoms. The van der Waals surface area contributed by atoms with Crippen LogP contribution >= 0.6 is 36.2 Å². The van der Waals surface area contributed by atoms with E-state index in [2.05, 4.69) is 10.3 Å². The van der Waals surface area contributed by atoms with Crippen molar-refractivity contribution in [2.75, 3.05) is 20.1 Å². The van der Waals surface area contributed by atoms with E-state index < -0.39 is 0 Å². The molecule has 32 heavy (non-hydrogen) atoms. The van der Waals surface area contributed by atoms with Crippen LogP contribution in [-0.4, -0.2) is 40.5 Å². The van der Waals surface area contributed by atoms with Gasteiger partial charge in [0.15, 0.2) is 0 Å². The van der Waals surface area contributed by atoms with Crippen LogP contribution in [0.5, 0.6) is 0 Å². The van der Waals surface area contributed by atoms with Crippen LogP contribution in [0, 0.1) is 5.92 Å². The van der Waals surface area contributed by atoms with Crippen LogP contribution in [0.1, 0.15) is 34.1 Å². The number of fused-ring (bicyclic) bond motifs is 4. The Morgan fingerprint density at radius 3 is 2.75 bits per heavy atom. The number of halogens is 2. The molecule has 2 aliphatic heterocycles. The summed E-state index contributed by atoms with van der Waals surface area (Å²) in [5.41, 5.74) is 3.02. The molecule has 1 N–H and O–H groups in total. The predicted octanol–water partition coefficient (Wildman–Crippen LogP) is 3.79. The zero-order valence-corrected chi connectivity index (χ0v) is 20.1. The molecule has 9 heteroatoms. The minimum atomic E-state index is -0.251. The fourth-order valence-electron chi connectivity index (χ4n) is 4.57. The second-order valence-corrected chi connectivity index (χ2v) is 9.07. The zero-order chi connectivity index (χ0) is 20.7. The second-order valence-electron chi connectivity index (χ2n) is 8.22. The first-order valence-electron chi connectivity index (χ1n) is 10.3. The van der Waals surface area contributed by atoms with Crippen molar-refractivity contribution in [1.29, 1.82) is 0 Å². The molecule has 6 nitrogen and oxygen atoms in total. The summed E-state index contributed by atoms with van der Waals surface area (Å²) >= 11 is 1.56. The van der Waals surface area contributed by atoms with Crippen LogP contribution in [0.15, 0.2) is 52.6 Å². The summed E-state index contributed by atoms with van der Waals surface area (Å²) in [6, 6.07) is 13.7. The van der Waals surface area contributed by atoms with E-state index in [0.717, 1.165) is 41.5 Å². The first-order valence-corrected chi connectivity index (χ1v) is 11.2. The first-order chi connectivity index (χ1) is 14.6. The van der Waals surface area contributed by atoms with E-state index in [1.165, 1.54) is 0 Å². The molecule has 1 amide bonds. The number of nitrogens with zero attached hydrogens (tertiary/aromatic N) is 3. The minimum absolute atomic E-state index is 0. The molecule has 4 heterocycles. The van der Waals surface area contributed by atoms with E-state index in [1.54, 1.807) is 29.4 Å². The smallest absolute Gasteiger partial charge is 0.263 e. The topological polar surface area (TPSA) is 67.2 Å².